The largest absolute Gasteiger partial charge is 0.370 e. The molecule has 1 N–H and O–H groups in total. The predicted octanol–water partition coefficient (Wildman–Crippen LogP) is 3.63. The van der Waals surface area contributed by atoms with Crippen LogP contribution in [0.5, 0.6) is 0 Å². The van der Waals surface area contributed by atoms with Crippen molar-refractivity contribution < 1.29 is 4.79 Å². The lowest BCUT2D eigenvalue weighted by Gasteiger charge is -2.28. The third-order valence-corrected chi connectivity index (χ3v) is 3.98. The van der Waals surface area contributed by atoms with Crippen molar-refractivity contribution in [1.29, 1.82) is 0 Å². The predicted molar refractivity (Wildman–Crippen MR) is 89.4 cm³/mol. The van der Waals surface area contributed by atoms with Gasteiger partial charge in [0.1, 0.15) is 0 Å². The number of anilines is 2. The highest BCUT2D eigenvalue weighted by molar-refractivity contribution is 6.04. The average molecular weight is 295 g/mol. The standard InChI is InChI=1S/C18H21N3O/c1-14-6-5-7-16(10-14)20-18(22)15-11-17(13-19-12-15)21-8-3-2-4-9-21/h5-7,10-13H,2-4,8-9H2,1H3,(H,20,22). The number of nitrogens with zero attached hydrogens (tertiary/aromatic N) is 2. The minimum atomic E-state index is -0.114. The minimum absolute atomic E-state index is 0.114. The van der Waals surface area contributed by atoms with Crippen molar-refractivity contribution in [2.24, 2.45) is 0 Å². The maximum Gasteiger partial charge on any atom is 0.257 e. The number of aromatic nitrogens is 1. The Morgan fingerprint density at radius 2 is 1.95 bits per heavy atom. The molecule has 0 unspecified atom stereocenters. The molecule has 4 nitrogen and oxygen atoms in total. The van der Waals surface area contributed by atoms with E-state index in [1.165, 1.54) is 19.3 Å². The van der Waals surface area contributed by atoms with Gasteiger partial charge in [-0.05, 0) is 49.9 Å². The number of carbonyl (C=O) groups is 1. The summed E-state index contributed by atoms with van der Waals surface area (Å²) in [5, 5.41) is 2.93. The summed E-state index contributed by atoms with van der Waals surface area (Å²) >= 11 is 0. The molecule has 1 aliphatic rings. The van der Waals surface area contributed by atoms with E-state index in [0.29, 0.717) is 5.56 Å². The second-order valence-corrected chi connectivity index (χ2v) is 5.80. The Morgan fingerprint density at radius 1 is 1.14 bits per heavy atom. The first-order valence-corrected chi connectivity index (χ1v) is 7.80. The quantitative estimate of drug-likeness (QED) is 0.940. The van der Waals surface area contributed by atoms with E-state index in [9.17, 15) is 4.79 Å². The first kappa shape index (κ1) is 14.6. The Balaban J connectivity index is 1.75. The number of benzene rings is 1. The number of piperidine rings is 1. The molecule has 114 valence electrons. The van der Waals surface area contributed by atoms with Gasteiger partial charge in [-0.2, -0.15) is 0 Å². The molecule has 2 heterocycles. The smallest absolute Gasteiger partial charge is 0.257 e. The van der Waals surface area contributed by atoms with E-state index in [0.717, 1.165) is 30.0 Å². The second kappa shape index (κ2) is 6.60. The Kier molecular flexibility index (Phi) is 4.37. The monoisotopic (exact) mass is 295 g/mol. The topological polar surface area (TPSA) is 45.2 Å². The van der Waals surface area contributed by atoms with Gasteiger partial charge in [0, 0.05) is 25.0 Å². The van der Waals surface area contributed by atoms with Gasteiger partial charge in [0.25, 0.3) is 5.91 Å². The van der Waals surface area contributed by atoms with Gasteiger partial charge >= 0.3 is 0 Å². The van der Waals surface area contributed by atoms with Crippen molar-refractivity contribution in [3.63, 3.8) is 0 Å². The van der Waals surface area contributed by atoms with E-state index in [1.54, 1.807) is 6.20 Å². The number of carbonyl (C=O) groups excluding carboxylic acids is 1. The Bertz CT molecular complexity index is 663. The summed E-state index contributed by atoms with van der Waals surface area (Å²) in [5.74, 6) is -0.114. The van der Waals surface area contributed by atoms with Gasteiger partial charge < -0.3 is 10.2 Å². The van der Waals surface area contributed by atoms with Gasteiger partial charge in [0.2, 0.25) is 0 Å². The number of aryl methyl sites for hydroxylation is 1. The molecule has 4 heteroatoms. The fourth-order valence-electron chi connectivity index (χ4n) is 2.80. The zero-order valence-electron chi connectivity index (χ0n) is 12.9. The molecule has 0 radical (unpaired) electrons. The SMILES string of the molecule is Cc1cccc(NC(=O)c2cncc(N3CCCCC3)c2)c1. The van der Waals surface area contributed by atoms with E-state index in [2.05, 4.69) is 15.2 Å². The normalized spacial score (nSPS) is 14.7. The summed E-state index contributed by atoms with van der Waals surface area (Å²) in [6.45, 7) is 4.10. The average Bonchev–Trinajstić information content (AvgIpc) is 2.56. The van der Waals surface area contributed by atoms with E-state index in [1.807, 2.05) is 43.5 Å². The highest BCUT2D eigenvalue weighted by atomic mass is 16.1. The second-order valence-electron chi connectivity index (χ2n) is 5.80. The summed E-state index contributed by atoms with van der Waals surface area (Å²) in [6, 6.07) is 9.73. The molecule has 1 amide bonds. The lowest BCUT2D eigenvalue weighted by Crippen LogP contribution is -2.29. The number of nitrogens with one attached hydrogen (secondary N) is 1. The fraction of sp³-hybridized carbons (Fsp3) is 0.333. The van der Waals surface area contributed by atoms with Crippen LogP contribution in [0.3, 0.4) is 0 Å². The lowest BCUT2D eigenvalue weighted by molar-refractivity contribution is 0.102. The Morgan fingerprint density at radius 3 is 2.73 bits per heavy atom. The van der Waals surface area contributed by atoms with Gasteiger partial charge in [-0.1, -0.05) is 12.1 Å². The van der Waals surface area contributed by atoms with Gasteiger partial charge in [-0.25, -0.2) is 0 Å². The molecule has 1 aliphatic heterocycles. The number of hydrogen-bond acceptors (Lipinski definition) is 3. The number of hydrogen-bond donors (Lipinski definition) is 1. The van der Waals surface area contributed by atoms with Crippen LogP contribution in [0.25, 0.3) is 0 Å². The van der Waals surface area contributed by atoms with Crippen LogP contribution in [0.1, 0.15) is 35.2 Å². The van der Waals surface area contributed by atoms with Crippen LogP contribution in [-0.4, -0.2) is 24.0 Å². The molecule has 0 aliphatic carbocycles. The molecule has 2 aromatic rings. The third-order valence-electron chi connectivity index (χ3n) is 3.98. The highest BCUT2D eigenvalue weighted by Gasteiger charge is 2.14. The van der Waals surface area contributed by atoms with Crippen LogP contribution < -0.4 is 10.2 Å². The zero-order chi connectivity index (χ0) is 15.4. The molecule has 0 bridgehead atoms. The molecule has 0 saturated carbocycles. The summed E-state index contributed by atoms with van der Waals surface area (Å²) in [5.41, 5.74) is 3.58. The molecule has 1 fully saturated rings. The Hall–Kier alpha value is -2.36. The number of amides is 1. The molecule has 22 heavy (non-hydrogen) atoms. The summed E-state index contributed by atoms with van der Waals surface area (Å²) < 4.78 is 0. The van der Waals surface area contributed by atoms with Gasteiger partial charge in [-0.3, -0.25) is 9.78 Å². The minimum Gasteiger partial charge on any atom is -0.370 e. The first-order chi connectivity index (χ1) is 10.7. The summed E-state index contributed by atoms with van der Waals surface area (Å²) in [7, 11) is 0. The van der Waals surface area contributed by atoms with Crippen LogP contribution in [0.2, 0.25) is 0 Å². The van der Waals surface area contributed by atoms with E-state index >= 15 is 0 Å². The van der Waals surface area contributed by atoms with Crippen molar-refractivity contribution in [1.82, 2.24) is 4.98 Å². The molecule has 0 spiro atoms. The van der Waals surface area contributed by atoms with Crippen LogP contribution in [0.4, 0.5) is 11.4 Å². The molecule has 1 saturated heterocycles. The van der Waals surface area contributed by atoms with Crippen molar-refractivity contribution >= 4 is 17.3 Å². The summed E-state index contributed by atoms with van der Waals surface area (Å²) in [4.78, 5) is 18.9. The molecular formula is C18H21N3O. The highest BCUT2D eigenvalue weighted by Crippen LogP contribution is 2.20. The van der Waals surface area contributed by atoms with Gasteiger partial charge in [0.05, 0.1) is 17.4 Å². The lowest BCUT2D eigenvalue weighted by atomic mass is 10.1. The van der Waals surface area contributed by atoms with Crippen LogP contribution >= 0.6 is 0 Å². The van der Waals surface area contributed by atoms with Crippen molar-refractivity contribution in [3.05, 3.63) is 53.9 Å². The fourth-order valence-corrected chi connectivity index (χ4v) is 2.80. The van der Waals surface area contributed by atoms with E-state index in [-0.39, 0.29) is 5.91 Å². The molecule has 3 rings (SSSR count). The Labute approximate surface area is 131 Å². The third kappa shape index (κ3) is 3.45. The van der Waals surface area contributed by atoms with Gasteiger partial charge in [-0.15, -0.1) is 0 Å². The van der Waals surface area contributed by atoms with Crippen LogP contribution in [0.15, 0.2) is 42.7 Å². The maximum absolute atomic E-state index is 12.4. The van der Waals surface area contributed by atoms with E-state index < -0.39 is 0 Å². The molecule has 0 atom stereocenters. The summed E-state index contributed by atoms with van der Waals surface area (Å²) in [6.07, 6.45) is 7.17. The van der Waals surface area contributed by atoms with Gasteiger partial charge in [0.15, 0.2) is 0 Å². The first-order valence-electron chi connectivity index (χ1n) is 7.80. The van der Waals surface area contributed by atoms with E-state index in [4.69, 9.17) is 0 Å². The maximum atomic E-state index is 12.4. The molecule has 1 aromatic carbocycles. The van der Waals surface area contributed by atoms with Crippen molar-refractivity contribution in [2.75, 3.05) is 23.3 Å². The zero-order valence-corrected chi connectivity index (χ0v) is 12.9. The van der Waals surface area contributed by atoms with Crippen LogP contribution in [-0.2, 0) is 0 Å². The number of rotatable bonds is 3. The van der Waals surface area contributed by atoms with Crippen molar-refractivity contribution in [3.8, 4) is 0 Å². The van der Waals surface area contributed by atoms with Crippen LogP contribution in [0, 0.1) is 6.92 Å². The molecule has 1 aromatic heterocycles. The van der Waals surface area contributed by atoms with Crippen molar-refractivity contribution in [2.45, 2.75) is 26.2 Å². The number of pyridine rings is 1. The molecular weight excluding hydrogens is 274 g/mol.